The SMILES string of the molecule is OC1=CC=CON=B1. The predicted molar refractivity (Wildman–Crippen MR) is 29.1 cm³/mol. The van der Waals surface area contributed by atoms with Crippen LogP contribution in [0.15, 0.2) is 29.1 Å². The number of hydrogen-bond donors (Lipinski definition) is 1. The Kier molecular flexibility index (Phi) is 1.46. The number of aliphatic hydroxyl groups is 1. The Morgan fingerprint density at radius 2 is 2.62 bits per heavy atom. The molecular weight excluding hydrogens is 105 g/mol. The van der Waals surface area contributed by atoms with Gasteiger partial charge in [0.15, 0.2) is 0 Å². The van der Waals surface area contributed by atoms with Gasteiger partial charge >= 0.3 is 46.1 Å². The second-order valence-electron chi connectivity index (χ2n) is 1.26. The van der Waals surface area contributed by atoms with E-state index in [4.69, 9.17) is 5.11 Å². The zero-order valence-electron chi connectivity index (χ0n) is 4.11. The quantitative estimate of drug-likeness (QED) is 0.466. The minimum atomic E-state index is 0.0961. The van der Waals surface area contributed by atoms with Crippen LogP contribution in [-0.2, 0) is 4.84 Å². The van der Waals surface area contributed by atoms with E-state index < -0.39 is 0 Å². The van der Waals surface area contributed by atoms with Gasteiger partial charge in [-0.2, -0.15) is 0 Å². The first-order valence-corrected chi connectivity index (χ1v) is 2.14. The van der Waals surface area contributed by atoms with Crippen LogP contribution in [-0.4, -0.2) is 12.2 Å². The fraction of sp³-hybridized carbons (Fsp3) is 0. The molecule has 0 saturated carbocycles. The molecule has 1 rings (SSSR count). The fourth-order valence-electron chi connectivity index (χ4n) is 0.336. The van der Waals surface area contributed by atoms with E-state index in [1.54, 1.807) is 6.08 Å². The van der Waals surface area contributed by atoms with Crippen LogP contribution in [0, 0.1) is 0 Å². The van der Waals surface area contributed by atoms with Gasteiger partial charge in [-0.25, -0.2) is 0 Å². The van der Waals surface area contributed by atoms with Crippen molar-refractivity contribution in [2.45, 2.75) is 0 Å². The molecule has 0 aromatic rings. The van der Waals surface area contributed by atoms with Crippen molar-refractivity contribution in [3.63, 3.8) is 0 Å². The van der Waals surface area contributed by atoms with Crippen molar-refractivity contribution in [3.8, 4) is 0 Å². The Morgan fingerprint density at radius 3 is 3.50 bits per heavy atom. The number of aliphatic hydroxyl groups excluding tert-OH is 1. The predicted octanol–water partition coefficient (Wildman–Crippen LogP) is 0.732. The maximum atomic E-state index is 8.67. The normalized spacial score (nSPS) is 15.8. The Bertz CT molecular complexity index is 161. The monoisotopic (exact) mass is 109 g/mol. The van der Waals surface area contributed by atoms with Gasteiger partial charge in [-0.3, -0.25) is 0 Å². The average molecular weight is 109 g/mol. The van der Waals surface area contributed by atoms with Gasteiger partial charge in [0, 0.05) is 0 Å². The summed E-state index contributed by atoms with van der Waals surface area (Å²) >= 11 is 0. The van der Waals surface area contributed by atoms with Crippen molar-refractivity contribution >= 4 is 7.07 Å². The Labute approximate surface area is 47.2 Å². The van der Waals surface area contributed by atoms with Gasteiger partial charge in [0.1, 0.15) is 0 Å². The first kappa shape index (κ1) is 5.09. The van der Waals surface area contributed by atoms with E-state index in [0.29, 0.717) is 0 Å². The van der Waals surface area contributed by atoms with Gasteiger partial charge in [-0.05, 0) is 0 Å². The summed E-state index contributed by atoms with van der Waals surface area (Å²) in [6.07, 6.45) is 4.42. The fourth-order valence-corrected chi connectivity index (χ4v) is 0.336. The number of hydrogen-bond acceptors (Lipinski definition) is 3. The Balaban J connectivity index is 2.73. The molecule has 0 amide bonds. The summed E-state index contributed by atoms with van der Waals surface area (Å²) in [5.41, 5.74) is 0.0961. The summed E-state index contributed by atoms with van der Waals surface area (Å²) in [7, 11) is 1.22. The van der Waals surface area contributed by atoms with Crippen LogP contribution in [0.2, 0.25) is 0 Å². The molecule has 1 aliphatic rings. The van der Waals surface area contributed by atoms with E-state index >= 15 is 0 Å². The summed E-state index contributed by atoms with van der Waals surface area (Å²) in [4.78, 5) is 4.44. The van der Waals surface area contributed by atoms with E-state index in [9.17, 15) is 0 Å². The van der Waals surface area contributed by atoms with Crippen molar-refractivity contribution in [3.05, 3.63) is 24.1 Å². The van der Waals surface area contributed by atoms with Crippen LogP contribution in [0.5, 0.6) is 0 Å². The molecule has 0 atom stereocenters. The molecule has 3 nitrogen and oxygen atoms in total. The standard InChI is InChI=1S/C4H4BNO2/c7-4-2-1-3-8-6-5-4/h1-3,7H. The van der Waals surface area contributed by atoms with E-state index in [2.05, 4.69) is 9.90 Å². The van der Waals surface area contributed by atoms with E-state index in [0.717, 1.165) is 0 Å². The molecule has 0 unspecified atom stereocenters. The summed E-state index contributed by atoms with van der Waals surface area (Å²) < 4.78 is 0. The molecular formula is C4H4BNO2. The second kappa shape index (κ2) is 2.30. The van der Waals surface area contributed by atoms with Crippen LogP contribution in [0.25, 0.3) is 0 Å². The van der Waals surface area contributed by atoms with Crippen molar-refractivity contribution in [1.29, 1.82) is 0 Å². The second-order valence-corrected chi connectivity index (χ2v) is 1.26. The average Bonchev–Trinajstić information content (AvgIpc) is 1.94. The van der Waals surface area contributed by atoms with Crippen molar-refractivity contribution in [1.82, 2.24) is 0 Å². The molecule has 0 spiro atoms. The van der Waals surface area contributed by atoms with E-state index in [-0.39, 0.29) is 5.66 Å². The van der Waals surface area contributed by atoms with Crippen LogP contribution in [0.4, 0.5) is 0 Å². The maximum absolute atomic E-state index is 8.67. The molecule has 0 bridgehead atoms. The van der Waals surface area contributed by atoms with Crippen LogP contribution < -0.4 is 0 Å². The Morgan fingerprint density at radius 1 is 1.75 bits per heavy atom. The van der Waals surface area contributed by atoms with Crippen molar-refractivity contribution < 1.29 is 9.94 Å². The molecule has 0 aromatic carbocycles. The Hall–Kier alpha value is -1.06. The van der Waals surface area contributed by atoms with Gasteiger partial charge in [-0.1, -0.05) is 0 Å². The molecule has 1 heterocycles. The molecule has 0 fully saturated rings. The summed E-state index contributed by atoms with van der Waals surface area (Å²) in [5, 5.41) is 12.0. The third kappa shape index (κ3) is 1.22. The molecule has 0 saturated heterocycles. The topological polar surface area (TPSA) is 41.8 Å². The number of nitrogens with zero attached hydrogens (tertiary/aromatic N) is 1. The number of allylic oxidation sites excluding steroid dienone is 2. The summed E-state index contributed by atoms with van der Waals surface area (Å²) in [6.45, 7) is 0. The first-order valence-electron chi connectivity index (χ1n) is 2.14. The molecule has 4 heteroatoms. The number of rotatable bonds is 0. The van der Waals surface area contributed by atoms with Gasteiger partial charge < -0.3 is 0 Å². The van der Waals surface area contributed by atoms with Gasteiger partial charge in [0.05, 0.1) is 0 Å². The molecule has 1 N–H and O–H groups in total. The molecule has 8 heavy (non-hydrogen) atoms. The van der Waals surface area contributed by atoms with Crippen LogP contribution in [0.3, 0.4) is 0 Å². The third-order valence-electron chi connectivity index (χ3n) is 0.652. The third-order valence-corrected chi connectivity index (χ3v) is 0.652. The zero-order chi connectivity index (χ0) is 5.82. The molecule has 0 radical (unpaired) electrons. The summed E-state index contributed by atoms with van der Waals surface area (Å²) in [6, 6.07) is 0. The van der Waals surface area contributed by atoms with Crippen LogP contribution >= 0.6 is 0 Å². The zero-order valence-corrected chi connectivity index (χ0v) is 4.11. The first-order chi connectivity index (χ1) is 3.89. The molecule has 1 aliphatic heterocycles. The van der Waals surface area contributed by atoms with Gasteiger partial charge in [0.2, 0.25) is 0 Å². The van der Waals surface area contributed by atoms with Gasteiger partial charge in [-0.15, -0.1) is 0 Å². The van der Waals surface area contributed by atoms with E-state index in [1.807, 2.05) is 0 Å². The van der Waals surface area contributed by atoms with Gasteiger partial charge in [0.25, 0.3) is 0 Å². The van der Waals surface area contributed by atoms with Crippen molar-refractivity contribution in [2.24, 2.45) is 5.06 Å². The van der Waals surface area contributed by atoms with Crippen molar-refractivity contribution in [2.75, 3.05) is 0 Å². The van der Waals surface area contributed by atoms with E-state index in [1.165, 1.54) is 19.4 Å². The molecule has 0 aromatic heterocycles. The van der Waals surface area contributed by atoms with Crippen LogP contribution in [0.1, 0.15) is 0 Å². The minimum absolute atomic E-state index is 0.0961. The molecule has 40 valence electrons. The summed E-state index contributed by atoms with van der Waals surface area (Å²) in [5.74, 6) is 0. The molecule has 0 aliphatic carbocycles.